The number of aromatic nitrogens is 1. The third-order valence-corrected chi connectivity index (χ3v) is 3.59. The molecule has 0 aliphatic rings. The number of benzene rings is 1. The van der Waals surface area contributed by atoms with Crippen molar-refractivity contribution in [2.45, 2.75) is 12.8 Å². The smallest absolute Gasteiger partial charge is 0.129 e. The van der Waals surface area contributed by atoms with E-state index >= 15 is 0 Å². The minimum Gasteiger partial charge on any atom is -0.508 e. The summed E-state index contributed by atoms with van der Waals surface area (Å²) in [6, 6.07) is 8.94. The molecular formula is C19H22N2O2. The summed E-state index contributed by atoms with van der Waals surface area (Å²) in [5.41, 5.74) is 9.52. The van der Waals surface area contributed by atoms with Gasteiger partial charge >= 0.3 is 0 Å². The van der Waals surface area contributed by atoms with Crippen LogP contribution in [-0.4, -0.2) is 23.7 Å². The minimum absolute atomic E-state index is 0.175. The first-order valence-electron chi connectivity index (χ1n) is 7.53. The van der Waals surface area contributed by atoms with E-state index in [2.05, 4.69) is 11.6 Å². The maximum Gasteiger partial charge on any atom is 0.129 e. The van der Waals surface area contributed by atoms with E-state index in [0.29, 0.717) is 12.3 Å². The molecule has 0 aliphatic heterocycles. The number of ether oxygens (including phenoxy) is 1. The standard InChI is InChI=1S/C19H22N2O2/c1-14(17-6-4-10-21-13-17)15(5-3-9-20)11-16-7-8-18(22)12-19(16)23-2/h4,6-8,10-13,22H,1,3,5,9,20H2,2H3/b15-11+. The third-order valence-electron chi connectivity index (χ3n) is 3.59. The summed E-state index contributed by atoms with van der Waals surface area (Å²) in [4.78, 5) is 4.15. The van der Waals surface area contributed by atoms with E-state index in [1.807, 2.05) is 24.3 Å². The van der Waals surface area contributed by atoms with E-state index in [9.17, 15) is 5.11 Å². The normalized spacial score (nSPS) is 11.3. The van der Waals surface area contributed by atoms with E-state index in [-0.39, 0.29) is 5.75 Å². The molecule has 0 atom stereocenters. The molecule has 0 saturated heterocycles. The van der Waals surface area contributed by atoms with Crippen molar-refractivity contribution in [3.05, 3.63) is 66.0 Å². The lowest BCUT2D eigenvalue weighted by atomic mass is 9.94. The number of phenols is 1. The molecular weight excluding hydrogens is 288 g/mol. The largest absolute Gasteiger partial charge is 0.508 e. The molecule has 0 radical (unpaired) electrons. The van der Waals surface area contributed by atoms with Crippen molar-refractivity contribution in [3.8, 4) is 11.5 Å². The molecule has 120 valence electrons. The Bertz CT molecular complexity index is 694. The molecule has 3 N–H and O–H groups in total. The first kappa shape index (κ1) is 16.8. The average Bonchev–Trinajstić information content (AvgIpc) is 2.59. The molecule has 0 saturated carbocycles. The summed E-state index contributed by atoms with van der Waals surface area (Å²) < 4.78 is 5.35. The van der Waals surface area contributed by atoms with Gasteiger partial charge in [-0.1, -0.05) is 12.6 Å². The molecule has 2 aromatic rings. The fourth-order valence-corrected chi connectivity index (χ4v) is 2.34. The SMILES string of the molecule is C=C(/C(=C/c1ccc(O)cc1OC)CCCN)c1cccnc1. The number of nitrogens with zero attached hydrogens (tertiary/aromatic N) is 1. The summed E-state index contributed by atoms with van der Waals surface area (Å²) in [5.74, 6) is 0.794. The highest BCUT2D eigenvalue weighted by atomic mass is 16.5. The Morgan fingerprint density at radius 3 is 2.87 bits per heavy atom. The van der Waals surface area contributed by atoms with Gasteiger partial charge in [0.2, 0.25) is 0 Å². The van der Waals surface area contributed by atoms with Crippen LogP contribution in [0.25, 0.3) is 11.6 Å². The monoisotopic (exact) mass is 310 g/mol. The van der Waals surface area contributed by atoms with Crippen LogP contribution in [0.15, 0.2) is 54.9 Å². The first-order valence-corrected chi connectivity index (χ1v) is 7.53. The van der Waals surface area contributed by atoms with Crippen molar-refractivity contribution in [1.29, 1.82) is 0 Å². The van der Waals surface area contributed by atoms with Gasteiger partial charge in [-0.3, -0.25) is 4.98 Å². The second-order valence-corrected chi connectivity index (χ2v) is 5.21. The molecule has 0 spiro atoms. The van der Waals surface area contributed by atoms with Crippen molar-refractivity contribution < 1.29 is 9.84 Å². The van der Waals surface area contributed by atoms with Crippen LogP contribution in [0.4, 0.5) is 0 Å². The Morgan fingerprint density at radius 1 is 1.39 bits per heavy atom. The van der Waals surface area contributed by atoms with Gasteiger partial charge in [-0.05, 0) is 60.4 Å². The lowest BCUT2D eigenvalue weighted by Gasteiger charge is -2.13. The predicted molar refractivity (Wildman–Crippen MR) is 94.2 cm³/mol. The van der Waals surface area contributed by atoms with Crippen molar-refractivity contribution in [3.63, 3.8) is 0 Å². The second kappa shape index (κ2) is 8.15. The van der Waals surface area contributed by atoms with E-state index in [4.69, 9.17) is 10.5 Å². The predicted octanol–water partition coefficient (Wildman–Crippen LogP) is 3.63. The van der Waals surface area contributed by atoms with Gasteiger partial charge in [0.15, 0.2) is 0 Å². The molecule has 0 amide bonds. The summed E-state index contributed by atoms with van der Waals surface area (Å²) in [7, 11) is 1.58. The molecule has 0 unspecified atom stereocenters. The Hall–Kier alpha value is -2.59. The highest BCUT2D eigenvalue weighted by molar-refractivity contribution is 5.83. The molecule has 1 aromatic heterocycles. The van der Waals surface area contributed by atoms with Gasteiger partial charge in [0.1, 0.15) is 11.5 Å². The molecule has 4 nitrogen and oxygen atoms in total. The van der Waals surface area contributed by atoms with Crippen LogP contribution in [-0.2, 0) is 0 Å². The van der Waals surface area contributed by atoms with Gasteiger partial charge in [0, 0.05) is 24.0 Å². The molecule has 1 aromatic carbocycles. The third kappa shape index (κ3) is 4.44. The number of phenolic OH excluding ortho intramolecular Hbond substituents is 1. The number of hydrogen-bond donors (Lipinski definition) is 2. The molecule has 2 rings (SSSR count). The lowest BCUT2D eigenvalue weighted by molar-refractivity contribution is 0.406. The van der Waals surface area contributed by atoms with E-state index in [1.54, 1.807) is 31.6 Å². The minimum atomic E-state index is 0.175. The number of allylic oxidation sites excluding steroid dienone is 2. The van der Waals surface area contributed by atoms with E-state index in [1.165, 1.54) is 0 Å². The topological polar surface area (TPSA) is 68.4 Å². The maximum absolute atomic E-state index is 9.59. The quantitative estimate of drug-likeness (QED) is 0.766. The average molecular weight is 310 g/mol. The van der Waals surface area contributed by atoms with E-state index in [0.717, 1.165) is 35.1 Å². The van der Waals surface area contributed by atoms with Crippen LogP contribution in [0.2, 0.25) is 0 Å². The first-order chi connectivity index (χ1) is 11.2. The zero-order valence-corrected chi connectivity index (χ0v) is 13.3. The van der Waals surface area contributed by atoms with Crippen LogP contribution in [0.5, 0.6) is 11.5 Å². The van der Waals surface area contributed by atoms with Crippen LogP contribution < -0.4 is 10.5 Å². The van der Waals surface area contributed by atoms with Crippen molar-refractivity contribution in [2.75, 3.05) is 13.7 Å². The van der Waals surface area contributed by atoms with Crippen LogP contribution in [0.1, 0.15) is 24.0 Å². The molecule has 0 fully saturated rings. The number of nitrogens with two attached hydrogens (primary N) is 1. The molecule has 0 aliphatic carbocycles. The second-order valence-electron chi connectivity index (χ2n) is 5.21. The van der Waals surface area contributed by atoms with Crippen molar-refractivity contribution >= 4 is 11.6 Å². The van der Waals surface area contributed by atoms with Crippen LogP contribution in [0, 0.1) is 0 Å². The Labute approximate surface area is 136 Å². The Morgan fingerprint density at radius 2 is 2.22 bits per heavy atom. The number of aromatic hydroxyl groups is 1. The summed E-state index contributed by atoms with van der Waals surface area (Å²) in [6.45, 7) is 4.82. The molecule has 0 bridgehead atoms. The molecule has 1 heterocycles. The van der Waals surface area contributed by atoms with Gasteiger partial charge in [-0.25, -0.2) is 0 Å². The van der Waals surface area contributed by atoms with E-state index < -0.39 is 0 Å². The van der Waals surface area contributed by atoms with Gasteiger partial charge in [-0.2, -0.15) is 0 Å². The summed E-state index contributed by atoms with van der Waals surface area (Å²) in [6.07, 6.45) is 7.25. The highest BCUT2D eigenvalue weighted by Crippen LogP contribution is 2.31. The fraction of sp³-hybridized carbons (Fsp3) is 0.211. The number of rotatable bonds is 7. The fourth-order valence-electron chi connectivity index (χ4n) is 2.34. The molecule has 23 heavy (non-hydrogen) atoms. The van der Waals surface area contributed by atoms with Gasteiger partial charge in [-0.15, -0.1) is 0 Å². The summed E-state index contributed by atoms with van der Waals surface area (Å²) in [5, 5.41) is 9.59. The number of methoxy groups -OCH3 is 1. The maximum atomic E-state index is 9.59. The number of pyridine rings is 1. The van der Waals surface area contributed by atoms with Crippen LogP contribution >= 0.6 is 0 Å². The van der Waals surface area contributed by atoms with Crippen molar-refractivity contribution in [2.24, 2.45) is 5.73 Å². The highest BCUT2D eigenvalue weighted by Gasteiger charge is 2.09. The van der Waals surface area contributed by atoms with Crippen LogP contribution in [0.3, 0.4) is 0 Å². The molecule has 4 heteroatoms. The van der Waals surface area contributed by atoms with Crippen molar-refractivity contribution in [1.82, 2.24) is 4.98 Å². The van der Waals surface area contributed by atoms with Gasteiger partial charge in [0.05, 0.1) is 7.11 Å². The Balaban J connectivity index is 2.40. The summed E-state index contributed by atoms with van der Waals surface area (Å²) >= 11 is 0. The zero-order chi connectivity index (χ0) is 16.7. The Kier molecular flexibility index (Phi) is 5.94. The van der Waals surface area contributed by atoms with Gasteiger partial charge < -0.3 is 15.6 Å². The number of hydrogen-bond acceptors (Lipinski definition) is 4. The zero-order valence-electron chi connectivity index (χ0n) is 13.3. The van der Waals surface area contributed by atoms with Gasteiger partial charge in [0.25, 0.3) is 0 Å². The lowest BCUT2D eigenvalue weighted by Crippen LogP contribution is -2.00.